The zero-order valence-electron chi connectivity index (χ0n) is 33.6. The van der Waals surface area contributed by atoms with Crippen LogP contribution in [0.1, 0.15) is 17.9 Å². The van der Waals surface area contributed by atoms with E-state index in [1.807, 2.05) is 48.5 Å². The third kappa shape index (κ3) is 5.57. The number of aromatic nitrogens is 4. The van der Waals surface area contributed by atoms with Gasteiger partial charge < -0.3 is 9.13 Å². The van der Waals surface area contributed by atoms with Crippen molar-refractivity contribution in [3.63, 3.8) is 0 Å². The lowest BCUT2D eigenvalue weighted by Gasteiger charge is -2.19. The second-order valence-electron chi connectivity index (χ2n) is 16.0. The standard InChI is InChI=1S/C56H38N4O2/c61-55-49-36-40(28-32-54(49)59(43-19-9-3-10-20-43)56(62)60(55)44-21-11-4-12-22-44)39-27-31-53-48(35-39)47-34-38(26-30-52(47)58(53)42-17-7-2-8-18-42)37-25-29-51-46(33-37)45-23-13-14-24-50(45)57(51)41-15-5-1-6-16-41/h1-27,29-36,40H,28H2. The molecule has 3 heterocycles. The van der Waals surface area contributed by atoms with E-state index in [9.17, 15) is 9.59 Å². The highest BCUT2D eigenvalue weighted by atomic mass is 16.2. The molecular weight excluding hydrogens is 761 g/mol. The molecular formula is C56H38N4O2. The molecule has 0 fully saturated rings. The second-order valence-corrected chi connectivity index (χ2v) is 16.0. The fourth-order valence-corrected chi connectivity index (χ4v) is 9.68. The zero-order valence-corrected chi connectivity index (χ0v) is 33.6. The predicted molar refractivity (Wildman–Crippen MR) is 254 cm³/mol. The van der Waals surface area contributed by atoms with Gasteiger partial charge in [0, 0.05) is 38.8 Å². The summed E-state index contributed by atoms with van der Waals surface area (Å²) >= 11 is 0. The Morgan fingerprint density at radius 2 is 0.823 bits per heavy atom. The number of rotatable bonds is 6. The van der Waals surface area contributed by atoms with Gasteiger partial charge in [-0.05, 0) is 114 Å². The minimum atomic E-state index is -0.388. The Balaban J connectivity index is 1.04. The number of nitrogens with zero attached hydrogens (tertiary/aromatic N) is 4. The zero-order chi connectivity index (χ0) is 41.3. The van der Waals surface area contributed by atoms with Crippen LogP contribution in [0.15, 0.2) is 210 Å². The van der Waals surface area contributed by atoms with Crippen LogP contribution in [-0.4, -0.2) is 18.3 Å². The van der Waals surface area contributed by atoms with E-state index >= 15 is 0 Å². The van der Waals surface area contributed by atoms with Crippen LogP contribution >= 0.6 is 0 Å². The minimum Gasteiger partial charge on any atom is -0.309 e. The van der Waals surface area contributed by atoms with E-state index in [1.165, 1.54) is 26.4 Å². The maximum Gasteiger partial charge on any atom is 0.340 e. The van der Waals surface area contributed by atoms with E-state index in [1.54, 1.807) is 16.7 Å². The van der Waals surface area contributed by atoms with Crippen molar-refractivity contribution in [2.75, 3.05) is 0 Å². The summed E-state index contributed by atoms with van der Waals surface area (Å²) in [6.07, 6.45) is 4.77. The second kappa shape index (κ2) is 14.2. The summed E-state index contributed by atoms with van der Waals surface area (Å²) in [4.78, 5) is 28.6. The van der Waals surface area contributed by atoms with Crippen molar-refractivity contribution in [1.29, 1.82) is 0 Å². The molecule has 3 aromatic heterocycles. The van der Waals surface area contributed by atoms with E-state index < -0.39 is 0 Å². The largest absolute Gasteiger partial charge is 0.340 e. The Bertz CT molecular complexity index is 3810. The molecule has 1 aliphatic carbocycles. The van der Waals surface area contributed by atoms with Crippen molar-refractivity contribution in [3.8, 4) is 33.9 Å². The summed E-state index contributed by atoms with van der Waals surface area (Å²) in [6.45, 7) is 0. The van der Waals surface area contributed by atoms with Crippen LogP contribution in [0.2, 0.25) is 0 Å². The first-order valence-electron chi connectivity index (χ1n) is 21.0. The van der Waals surface area contributed by atoms with Crippen LogP contribution in [0.3, 0.4) is 0 Å². The van der Waals surface area contributed by atoms with Gasteiger partial charge in [0.1, 0.15) is 0 Å². The highest BCUT2D eigenvalue weighted by Crippen LogP contribution is 2.39. The van der Waals surface area contributed by atoms with Crippen LogP contribution in [-0.2, 0) is 0 Å². The Labute approximate surface area is 356 Å². The first kappa shape index (κ1) is 35.7. The molecule has 0 spiro atoms. The monoisotopic (exact) mass is 798 g/mol. The lowest BCUT2D eigenvalue weighted by Crippen LogP contribution is -2.58. The van der Waals surface area contributed by atoms with Crippen LogP contribution in [0, 0.1) is 0 Å². The highest BCUT2D eigenvalue weighted by molar-refractivity contribution is 6.13. The van der Waals surface area contributed by atoms with Crippen LogP contribution in [0.4, 0.5) is 0 Å². The first-order chi connectivity index (χ1) is 30.6. The smallest absolute Gasteiger partial charge is 0.309 e. The topological polar surface area (TPSA) is 53.9 Å². The lowest BCUT2D eigenvalue weighted by molar-refractivity contribution is 0.754. The van der Waals surface area contributed by atoms with Crippen molar-refractivity contribution >= 4 is 55.8 Å². The molecule has 8 aromatic carbocycles. The third-order valence-corrected chi connectivity index (χ3v) is 12.5. The normalized spacial score (nSPS) is 13.6. The van der Waals surface area contributed by atoms with Crippen molar-refractivity contribution in [2.24, 2.45) is 0 Å². The Morgan fingerprint density at radius 3 is 1.39 bits per heavy atom. The molecule has 0 saturated carbocycles. The Morgan fingerprint density at radius 1 is 0.387 bits per heavy atom. The molecule has 294 valence electrons. The molecule has 12 rings (SSSR count). The van der Waals surface area contributed by atoms with Gasteiger partial charge in [0.2, 0.25) is 0 Å². The number of para-hydroxylation sites is 5. The molecule has 0 saturated heterocycles. The van der Waals surface area contributed by atoms with Gasteiger partial charge in [0.05, 0.1) is 44.0 Å². The maximum atomic E-state index is 14.4. The maximum absolute atomic E-state index is 14.4. The van der Waals surface area contributed by atoms with Crippen LogP contribution < -0.4 is 21.8 Å². The number of hydrogen-bond donors (Lipinski definition) is 0. The molecule has 62 heavy (non-hydrogen) atoms. The third-order valence-electron chi connectivity index (χ3n) is 12.5. The van der Waals surface area contributed by atoms with Gasteiger partial charge in [-0.2, -0.15) is 0 Å². The predicted octanol–water partition coefficient (Wildman–Crippen LogP) is 10.6. The number of fused-ring (bicyclic) bond motifs is 7. The molecule has 0 N–H and O–H groups in total. The Kier molecular flexibility index (Phi) is 8.18. The molecule has 1 atom stereocenters. The molecule has 0 bridgehead atoms. The minimum absolute atomic E-state index is 0.0896. The highest BCUT2D eigenvalue weighted by Gasteiger charge is 2.22. The molecule has 6 heteroatoms. The molecule has 1 unspecified atom stereocenters. The quantitative estimate of drug-likeness (QED) is 0.168. The average Bonchev–Trinajstić information content (AvgIpc) is 3.84. The van der Waals surface area contributed by atoms with E-state index in [0.717, 1.165) is 49.9 Å². The molecule has 0 radical (unpaired) electrons. The van der Waals surface area contributed by atoms with Crippen molar-refractivity contribution in [1.82, 2.24) is 18.3 Å². The van der Waals surface area contributed by atoms with Gasteiger partial charge in [0.25, 0.3) is 5.56 Å². The number of benzene rings is 8. The number of hydrogen-bond acceptors (Lipinski definition) is 2. The summed E-state index contributed by atoms with van der Waals surface area (Å²) in [6, 6.07) is 68.9. The van der Waals surface area contributed by atoms with Crippen molar-refractivity contribution in [2.45, 2.75) is 12.3 Å². The van der Waals surface area contributed by atoms with E-state index in [2.05, 4.69) is 161 Å². The summed E-state index contributed by atoms with van der Waals surface area (Å²) in [7, 11) is 0. The van der Waals surface area contributed by atoms with E-state index in [4.69, 9.17) is 0 Å². The van der Waals surface area contributed by atoms with Gasteiger partial charge in [-0.25, -0.2) is 9.36 Å². The summed E-state index contributed by atoms with van der Waals surface area (Å²) < 4.78 is 7.67. The van der Waals surface area contributed by atoms with Gasteiger partial charge >= 0.3 is 5.69 Å². The fourth-order valence-electron chi connectivity index (χ4n) is 9.68. The van der Waals surface area contributed by atoms with Crippen molar-refractivity contribution < 1.29 is 0 Å². The summed E-state index contributed by atoms with van der Waals surface area (Å²) in [5, 5.41) is 5.87. The molecule has 11 aromatic rings. The fraction of sp³-hybridized carbons (Fsp3) is 0.0357. The Hall–Kier alpha value is -8.22. The lowest BCUT2D eigenvalue weighted by atomic mass is 9.90. The summed E-state index contributed by atoms with van der Waals surface area (Å²) in [5.41, 5.74) is 10.8. The van der Waals surface area contributed by atoms with Crippen LogP contribution in [0.25, 0.3) is 89.6 Å². The SMILES string of the molecule is O=c1c2c(n(-c3ccccc3)c(=O)n1-c1ccccc1)=CCC(c1ccc3c(c1)c1cc(-c4ccc5c(c4)c4ccccc4n5-c4ccccc4)ccc1n3-c1ccccc1)C=2. The van der Waals surface area contributed by atoms with Gasteiger partial charge in [-0.1, -0.05) is 121 Å². The first-order valence-corrected chi connectivity index (χ1v) is 21.0. The molecule has 6 nitrogen and oxygen atoms in total. The summed E-state index contributed by atoms with van der Waals surface area (Å²) in [5.74, 6) is -0.0896. The van der Waals surface area contributed by atoms with E-state index in [-0.39, 0.29) is 17.2 Å². The van der Waals surface area contributed by atoms with E-state index in [0.29, 0.717) is 28.4 Å². The molecule has 1 aliphatic rings. The van der Waals surface area contributed by atoms with Gasteiger partial charge in [-0.15, -0.1) is 0 Å². The van der Waals surface area contributed by atoms with Gasteiger partial charge in [-0.3, -0.25) is 9.36 Å². The average molecular weight is 799 g/mol. The molecule has 0 aliphatic heterocycles. The van der Waals surface area contributed by atoms with Gasteiger partial charge in [0.15, 0.2) is 0 Å². The molecule has 0 amide bonds. The van der Waals surface area contributed by atoms with Crippen molar-refractivity contribution in [3.05, 3.63) is 237 Å². The van der Waals surface area contributed by atoms with Crippen LogP contribution in [0.5, 0.6) is 0 Å².